The van der Waals surface area contributed by atoms with Crippen LogP contribution in [0.25, 0.3) is 0 Å². The van der Waals surface area contributed by atoms with Crippen molar-refractivity contribution in [2.24, 2.45) is 10.8 Å². The highest BCUT2D eigenvalue weighted by Crippen LogP contribution is 2.02. The summed E-state index contributed by atoms with van der Waals surface area (Å²) >= 11 is 0. The molecule has 0 aromatic rings. The molecule has 7 heavy (non-hydrogen) atoms. The van der Waals surface area contributed by atoms with Crippen molar-refractivity contribution in [1.29, 1.82) is 5.53 Å². The molecule has 0 aromatic carbocycles. The highest BCUT2D eigenvalue weighted by molar-refractivity contribution is 4.73. The van der Waals surface area contributed by atoms with E-state index in [2.05, 4.69) is 5.11 Å². The highest BCUT2D eigenvalue weighted by Gasteiger charge is 2.10. The van der Waals surface area contributed by atoms with Crippen LogP contribution in [-0.4, -0.2) is 12.1 Å². The zero-order chi connectivity index (χ0) is 5.91. The van der Waals surface area contributed by atoms with E-state index in [0.717, 1.165) is 0 Å². The normalized spacial score (nSPS) is 11.3. The van der Waals surface area contributed by atoms with Crippen LogP contribution in [0.15, 0.2) is 5.11 Å². The van der Waals surface area contributed by atoms with Crippen LogP contribution in [0, 0.1) is 5.53 Å². The lowest BCUT2D eigenvalue weighted by Gasteiger charge is -2.11. The van der Waals surface area contributed by atoms with Crippen LogP contribution in [0.4, 0.5) is 0 Å². The molecule has 0 radical (unpaired) electrons. The fraction of sp³-hybridized carbons (Fsp3) is 1.00. The smallest absolute Gasteiger partial charge is 0.0878 e. The first-order valence-electron chi connectivity index (χ1n) is 2.21. The molecule has 0 bridgehead atoms. The molecule has 0 rings (SSSR count). The molecular formula is C4H11N3. The Morgan fingerprint density at radius 2 is 2.14 bits per heavy atom. The van der Waals surface area contributed by atoms with E-state index in [-0.39, 0.29) is 5.54 Å². The van der Waals surface area contributed by atoms with Gasteiger partial charge in [-0.2, -0.15) is 5.11 Å². The minimum absolute atomic E-state index is 0.347. The molecule has 42 valence electrons. The standard InChI is InChI=1S/C4H11N3/c1-4(2,3-5)7-6/h6H,3,5H2,1-2H3. The van der Waals surface area contributed by atoms with Gasteiger partial charge in [0.25, 0.3) is 0 Å². The van der Waals surface area contributed by atoms with Crippen molar-refractivity contribution in [3.05, 3.63) is 0 Å². The van der Waals surface area contributed by atoms with Crippen LogP contribution in [0.3, 0.4) is 0 Å². The third-order valence-corrected chi connectivity index (χ3v) is 0.802. The summed E-state index contributed by atoms with van der Waals surface area (Å²) in [6, 6.07) is 0. The van der Waals surface area contributed by atoms with E-state index in [1.54, 1.807) is 0 Å². The summed E-state index contributed by atoms with van der Waals surface area (Å²) in [5.41, 5.74) is 11.4. The second-order valence-electron chi connectivity index (χ2n) is 2.13. The first kappa shape index (κ1) is 6.56. The number of rotatable bonds is 2. The van der Waals surface area contributed by atoms with E-state index in [1.807, 2.05) is 13.8 Å². The van der Waals surface area contributed by atoms with Crippen LogP contribution in [0.1, 0.15) is 13.8 Å². The topological polar surface area (TPSA) is 62.2 Å². The van der Waals surface area contributed by atoms with Crippen LogP contribution in [0.5, 0.6) is 0 Å². The Morgan fingerprint density at radius 1 is 1.71 bits per heavy atom. The van der Waals surface area contributed by atoms with Gasteiger partial charge in [-0.1, -0.05) is 0 Å². The molecule has 0 saturated carbocycles. The lowest BCUT2D eigenvalue weighted by molar-refractivity contribution is 0.496. The molecule has 0 unspecified atom stereocenters. The molecule has 3 nitrogen and oxygen atoms in total. The maximum Gasteiger partial charge on any atom is 0.0878 e. The molecule has 0 fully saturated rings. The zero-order valence-electron chi connectivity index (χ0n) is 4.73. The second-order valence-corrected chi connectivity index (χ2v) is 2.13. The summed E-state index contributed by atoms with van der Waals surface area (Å²) in [4.78, 5) is 0. The fourth-order valence-corrected chi connectivity index (χ4v) is 0.0456. The van der Waals surface area contributed by atoms with Crippen molar-refractivity contribution >= 4 is 0 Å². The average molecular weight is 101 g/mol. The van der Waals surface area contributed by atoms with Gasteiger partial charge in [0.2, 0.25) is 0 Å². The Labute approximate surface area is 43.4 Å². The largest absolute Gasteiger partial charge is 0.328 e. The summed E-state index contributed by atoms with van der Waals surface area (Å²) in [6.45, 7) is 4.08. The SMILES string of the molecule is CC(C)(CN)N=N. The lowest BCUT2D eigenvalue weighted by Crippen LogP contribution is -2.27. The summed E-state index contributed by atoms with van der Waals surface area (Å²) < 4.78 is 0. The van der Waals surface area contributed by atoms with Crippen molar-refractivity contribution in [1.82, 2.24) is 0 Å². The van der Waals surface area contributed by atoms with Crippen molar-refractivity contribution in [3.63, 3.8) is 0 Å². The summed E-state index contributed by atoms with van der Waals surface area (Å²) in [5, 5.41) is 3.26. The lowest BCUT2D eigenvalue weighted by atomic mass is 10.1. The molecule has 0 amide bonds. The molecule has 3 N–H and O–H groups in total. The maximum absolute atomic E-state index is 6.55. The molecule has 0 saturated heterocycles. The Balaban J connectivity index is 3.58. The van der Waals surface area contributed by atoms with E-state index in [0.29, 0.717) is 6.54 Å². The van der Waals surface area contributed by atoms with Gasteiger partial charge in [0.05, 0.1) is 5.54 Å². The van der Waals surface area contributed by atoms with Crippen molar-refractivity contribution < 1.29 is 0 Å². The molecule has 3 heteroatoms. The van der Waals surface area contributed by atoms with Crippen LogP contribution in [-0.2, 0) is 0 Å². The Bertz CT molecular complexity index is 67.3. The molecule has 0 aliphatic heterocycles. The number of nitrogens with one attached hydrogen (secondary N) is 1. The Kier molecular flexibility index (Phi) is 1.90. The van der Waals surface area contributed by atoms with E-state index in [4.69, 9.17) is 11.3 Å². The summed E-state index contributed by atoms with van der Waals surface area (Å²) in [6.07, 6.45) is 0. The third-order valence-electron chi connectivity index (χ3n) is 0.802. The quantitative estimate of drug-likeness (QED) is 0.495. The highest BCUT2D eigenvalue weighted by atomic mass is 15.0. The van der Waals surface area contributed by atoms with Crippen LogP contribution >= 0.6 is 0 Å². The Morgan fingerprint density at radius 3 is 2.14 bits per heavy atom. The molecule has 0 heterocycles. The summed E-state index contributed by atoms with van der Waals surface area (Å²) in [7, 11) is 0. The van der Waals surface area contributed by atoms with E-state index in [1.165, 1.54) is 0 Å². The molecule has 0 aliphatic carbocycles. The van der Waals surface area contributed by atoms with Gasteiger partial charge >= 0.3 is 0 Å². The number of nitrogens with two attached hydrogens (primary N) is 1. The van der Waals surface area contributed by atoms with Crippen LogP contribution in [0.2, 0.25) is 0 Å². The second kappa shape index (κ2) is 2.02. The van der Waals surface area contributed by atoms with Crippen LogP contribution < -0.4 is 5.73 Å². The van der Waals surface area contributed by atoms with Gasteiger partial charge in [0.1, 0.15) is 0 Å². The van der Waals surface area contributed by atoms with Gasteiger partial charge in [0, 0.05) is 6.54 Å². The first-order chi connectivity index (χ1) is 3.12. The molecule has 0 atom stereocenters. The number of nitrogens with zero attached hydrogens (tertiary/aromatic N) is 1. The molecule has 0 spiro atoms. The molecule has 0 aliphatic rings. The maximum atomic E-state index is 6.55. The minimum atomic E-state index is -0.347. The van der Waals surface area contributed by atoms with Gasteiger partial charge in [-0.3, -0.25) is 0 Å². The molecule has 0 aromatic heterocycles. The zero-order valence-corrected chi connectivity index (χ0v) is 4.73. The first-order valence-corrected chi connectivity index (χ1v) is 2.21. The molecular weight excluding hydrogens is 90.1 g/mol. The van der Waals surface area contributed by atoms with Gasteiger partial charge in [-0.15, -0.1) is 0 Å². The minimum Gasteiger partial charge on any atom is -0.328 e. The van der Waals surface area contributed by atoms with Gasteiger partial charge in [0.15, 0.2) is 0 Å². The van der Waals surface area contributed by atoms with Gasteiger partial charge in [-0.05, 0) is 13.8 Å². The van der Waals surface area contributed by atoms with Gasteiger partial charge in [-0.25, -0.2) is 5.53 Å². The predicted octanol–water partition coefficient (Wildman–Crippen LogP) is 0.755. The van der Waals surface area contributed by atoms with E-state index in [9.17, 15) is 0 Å². The van der Waals surface area contributed by atoms with Crippen molar-refractivity contribution in [2.45, 2.75) is 19.4 Å². The van der Waals surface area contributed by atoms with E-state index >= 15 is 0 Å². The monoisotopic (exact) mass is 101 g/mol. The average Bonchev–Trinajstić information content (AvgIpc) is 1.68. The van der Waals surface area contributed by atoms with E-state index < -0.39 is 0 Å². The Hall–Kier alpha value is -0.440. The van der Waals surface area contributed by atoms with Crippen molar-refractivity contribution in [2.75, 3.05) is 6.54 Å². The van der Waals surface area contributed by atoms with Crippen molar-refractivity contribution in [3.8, 4) is 0 Å². The van der Waals surface area contributed by atoms with Gasteiger partial charge < -0.3 is 5.73 Å². The number of hydrogen-bond donors (Lipinski definition) is 2. The summed E-state index contributed by atoms with van der Waals surface area (Å²) in [5.74, 6) is 0. The predicted molar refractivity (Wildman–Crippen MR) is 28.3 cm³/mol. The number of hydrogen-bond acceptors (Lipinski definition) is 3. The third kappa shape index (κ3) is 2.28. The fourth-order valence-electron chi connectivity index (χ4n) is 0.0456.